The van der Waals surface area contributed by atoms with E-state index in [9.17, 15) is 9.90 Å². The topological polar surface area (TPSA) is 52.6 Å². The maximum absolute atomic E-state index is 11.0. The molecule has 0 amide bonds. The van der Waals surface area contributed by atoms with Crippen molar-refractivity contribution < 1.29 is 14.6 Å². The van der Waals surface area contributed by atoms with Crippen molar-refractivity contribution in [3.63, 3.8) is 0 Å². The van der Waals surface area contributed by atoms with Crippen molar-refractivity contribution in [2.24, 2.45) is 0 Å². The molecule has 1 aliphatic rings. The molecule has 2 aromatic rings. The first-order valence-corrected chi connectivity index (χ1v) is 8.43. The van der Waals surface area contributed by atoms with Crippen LogP contribution in [0.3, 0.4) is 0 Å². The van der Waals surface area contributed by atoms with Gasteiger partial charge in [-0.15, -0.1) is 0 Å². The Balaban J connectivity index is 2.08. The summed E-state index contributed by atoms with van der Waals surface area (Å²) in [7, 11) is 4.10. The highest BCUT2D eigenvalue weighted by atomic mass is 16.5. The van der Waals surface area contributed by atoms with Gasteiger partial charge in [0.1, 0.15) is 12.4 Å². The summed E-state index contributed by atoms with van der Waals surface area (Å²) < 4.78 is 5.98. The highest BCUT2D eigenvalue weighted by Crippen LogP contribution is 2.37. The van der Waals surface area contributed by atoms with Crippen LogP contribution in [-0.4, -0.2) is 31.5 Å². The predicted octanol–water partition coefficient (Wildman–Crippen LogP) is 2.25. The lowest BCUT2D eigenvalue weighted by Gasteiger charge is -2.14. The van der Waals surface area contributed by atoms with Gasteiger partial charge in [0.05, 0.1) is 0 Å². The van der Waals surface area contributed by atoms with E-state index in [0.29, 0.717) is 6.61 Å². The second-order valence-corrected chi connectivity index (χ2v) is 6.53. The van der Waals surface area contributed by atoms with E-state index < -0.39 is 5.97 Å². The van der Waals surface area contributed by atoms with Gasteiger partial charge in [0.25, 0.3) is 0 Å². The minimum atomic E-state index is -1.08. The molecule has 0 bridgehead atoms. The molecule has 25 heavy (non-hydrogen) atoms. The van der Waals surface area contributed by atoms with Crippen molar-refractivity contribution in [2.45, 2.75) is 19.4 Å². The van der Waals surface area contributed by atoms with Crippen LogP contribution < -0.4 is 9.84 Å². The number of hydrogen-bond acceptors (Lipinski definition) is 4. The molecule has 0 radical (unpaired) electrons. The lowest BCUT2D eigenvalue weighted by atomic mass is 9.92. The van der Waals surface area contributed by atoms with Crippen LogP contribution in [0.25, 0.3) is 5.57 Å². The predicted molar refractivity (Wildman–Crippen MR) is 96.2 cm³/mol. The zero-order valence-corrected chi connectivity index (χ0v) is 14.6. The van der Waals surface area contributed by atoms with Gasteiger partial charge >= 0.3 is 0 Å². The quantitative estimate of drug-likeness (QED) is 0.840. The molecule has 2 aromatic carbocycles. The molecule has 0 atom stereocenters. The number of carbonyl (C=O) groups excluding carboxylic acids is 1. The Morgan fingerprint density at radius 2 is 2.00 bits per heavy atom. The van der Waals surface area contributed by atoms with Gasteiger partial charge in [-0.2, -0.15) is 0 Å². The van der Waals surface area contributed by atoms with Gasteiger partial charge in [-0.3, -0.25) is 0 Å². The molecule has 0 aromatic heterocycles. The van der Waals surface area contributed by atoms with E-state index in [2.05, 4.69) is 37.2 Å². The standard InChI is InChI=1S/C21H23NO3/c1-22(2)11-5-8-18-17-7-4-3-6-16(17)14-25-20-10-9-15(12-19(18)20)13-21(23)24/h3-4,6-10,12H,5,11,13-14H2,1-2H3,(H,23,24)/p-1/b18-8-. The molecule has 4 heteroatoms. The molecule has 3 rings (SSSR count). The maximum atomic E-state index is 11.0. The third kappa shape index (κ3) is 4.09. The van der Waals surface area contributed by atoms with E-state index in [1.54, 1.807) is 6.07 Å². The van der Waals surface area contributed by atoms with E-state index in [4.69, 9.17) is 4.74 Å². The smallest absolute Gasteiger partial charge is 0.127 e. The van der Waals surface area contributed by atoms with E-state index in [0.717, 1.165) is 46.5 Å². The normalized spacial score (nSPS) is 14.6. The largest absolute Gasteiger partial charge is 0.550 e. The average molecular weight is 336 g/mol. The first kappa shape index (κ1) is 17.2. The second kappa shape index (κ2) is 7.53. The van der Waals surface area contributed by atoms with Gasteiger partial charge in [0.2, 0.25) is 0 Å². The van der Waals surface area contributed by atoms with Gasteiger partial charge in [0.15, 0.2) is 0 Å². The molecule has 1 aliphatic heterocycles. The third-order valence-corrected chi connectivity index (χ3v) is 4.30. The van der Waals surface area contributed by atoms with Crippen LogP contribution in [0.2, 0.25) is 0 Å². The summed E-state index contributed by atoms with van der Waals surface area (Å²) in [6, 6.07) is 13.8. The zero-order valence-electron chi connectivity index (χ0n) is 14.6. The lowest BCUT2D eigenvalue weighted by molar-refractivity contribution is -0.304. The summed E-state index contributed by atoms with van der Waals surface area (Å²) in [6.07, 6.45) is 3.02. The Labute approximate surface area is 148 Å². The van der Waals surface area contributed by atoms with E-state index >= 15 is 0 Å². The Kier molecular flexibility index (Phi) is 5.19. The molecule has 0 aliphatic carbocycles. The number of carboxylic acids is 1. The molecular formula is C21H22NO3-. The number of aliphatic carboxylic acids is 1. The summed E-state index contributed by atoms with van der Waals surface area (Å²) in [5.74, 6) is -0.289. The van der Waals surface area contributed by atoms with E-state index in [-0.39, 0.29) is 6.42 Å². The monoisotopic (exact) mass is 336 g/mol. The first-order valence-electron chi connectivity index (χ1n) is 8.43. The van der Waals surface area contributed by atoms with Crippen LogP contribution >= 0.6 is 0 Å². The molecule has 0 saturated carbocycles. The fourth-order valence-corrected chi connectivity index (χ4v) is 3.09. The molecule has 0 unspecified atom stereocenters. The molecule has 0 saturated heterocycles. The minimum absolute atomic E-state index is 0.0973. The summed E-state index contributed by atoms with van der Waals surface area (Å²) in [5, 5.41) is 11.0. The Morgan fingerprint density at radius 3 is 2.76 bits per heavy atom. The van der Waals surface area contributed by atoms with Crippen LogP contribution in [0.15, 0.2) is 48.5 Å². The van der Waals surface area contributed by atoms with Crippen molar-refractivity contribution in [3.05, 3.63) is 70.8 Å². The fourth-order valence-electron chi connectivity index (χ4n) is 3.09. The Bertz CT molecular complexity index is 809. The number of rotatable bonds is 5. The number of benzene rings is 2. The van der Waals surface area contributed by atoms with Crippen LogP contribution in [-0.2, 0) is 17.8 Å². The van der Waals surface area contributed by atoms with Gasteiger partial charge < -0.3 is 19.5 Å². The SMILES string of the molecule is CN(C)CC/C=C1/c2ccccc2COc2ccc(CC(=O)[O-])cc21. The summed E-state index contributed by atoms with van der Waals surface area (Å²) in [5.41, 5.74) is 5.05. The number of ether oxygens (including phenoxy) is 1. The lowest BCUT2D eigenvalue weighted by Crippen LogP contribution is -2.24. The molecule has 0 spiro atoms. The van der Waals surface area contributed by atoms with E-state index in [1.165, 1.54) is 0 Å². The van der Waals surface area contributed by atoms with Gasteiger partial charge in [0, 0.05) is 24.5 Å². The summed E-state index contributed by atoms with van der Waals surface area (Å²) >= 11 is 0. The number of hydrogen-bond donors (Lipinski definition) is 0. The van der Waals surface area contributed by atoms with Crippen LogP contribution in [0.1, 0.15) is 28.7 Å². The minimum Gasteiger partial charge on any atom is -0.550 e. The molecule has 1 heterocycles. The highest BCUT2D eigenvalue weighted by molar-refractivity contribution is 5.85. The highest BCUT2D eigenvalue weighted by Gasteiger charge is 2.19. The molecule has 0 N–H and O–H groups in total. The number of nitrogens with zero attached hydrogens (tertiary/aromatic N) is 1. The molecule has 4 nitrogen and oxygen atoms in total. The second-order valence-electron chi connectivity index (χ2n) is 6.53. The van der Waals surface area contributed by atoms with Gasteiger partial charge in [-0.1, -0.05) is 36.4 Å². The zero-order chi connectivity index (χ0) is 17.8. The molecule has 0 fully saturated rings. The van der Waals surface area contributed by atoms with Gasteiger partial charge in [-0.25, -0.2) is 0 Å². The van der Waals surface area contributed by atoms with Crippen molar-refractivity contribution in [2.75, 3.05) is 20.6 Å². The van der Waals surface area contributed by atoms with Crippen molar-refractivity contribution in [1.82, 2.24) is 4.90 Å². The molecule has 130 valence electrons. The molecular weight excluding hydrogens is 314 g/mol. The fraction of sp³-hybridized carbons (Fsp3) is 0.286. The maximum Gasteiger partial charge on any atom is 0.127 e. The van der Waals surface area contributed by atoms with Crippen molar-refractivity contribution >= 4 is 11.5 Å². The average Bonchev–Trinajstić information content (AvgIpc) is 2.72. The number of carboxylic acid groups (broad SMARTS) is 1. The van der Waals surface area contributed by atoms with Crippen molar-refractivity contribution in [3.8, 4) is 5.75 Å². The Hall–Kier alpha value is -2.59. The van der Waals surface area contributed by atoms with Crippen molar-refractivity contribution in [1.29, 1.82) is 0 Å². The summed E-state index contributed by atoms with van der Waals surface area (Å²) in [6.45, 7) is 1.45. The third-order valence-electron chi connectivity index (χ3n) is 4.30. The van der Waals surface area contributed by atoms with Crippen LogP contribution in [0.5, 0.6) is 5.75 Å². The van der Waals surface area contributed by atoms with Crippen LogP contribution in [0, 0.1) is 0 Å². The first-order chi connectivity index (χ1) is 12.0. The summed E-state index contributed by atoms with van der Waals surface area (Å²) in [4.78, 5) is 13.1. The Morgan fingerprint density at radius 1 is 1.20 bits per heavy atom. The van der Waals surface area contributed by atoms with Crippen LogP contribution in [0.4, 0.5) is 0 Å². The number of fused-ring (bicyclic) bond motifs is 2. The van der Waals surface area contributed by atoms with E-state index in [1.807, 2.05) is 24.3 Å². The van der Waals surface area contributed by atoms with Gasteiger partial charge in [-0.05, 0) is 54.9 Å². The number of carbonyl (C=O) groups is 1.